The van der Waals surface area contributed by atoms with Crippen molar-refractivity contribution in [2.45, 2.75) is 280 Å². The molecule has 44 heteroatoms. The normalized spacial score (nSPS) is 48.3. The molecule has 0 radical (unpaired) electrons. The van der Waals surface area contributed by atoms with Crippen LogP contribution in [0.25, 0.3) is 0 Å². The van der Waals surface area contributed by atoms with E-state index in [2.05, 4.69) is 21.3 Å². The van der Waals surface area contributed by atoms with Crippen molar-refractivity contribution >= 4 is 23.6 Å². The predicted molar refractivity (Wildman–Crippen MR) is 314 cm³/mol. The second kappa shape index (κ2) is 36.4. The molecule has 584 valence electrons. The monoisotopic (exact) mass is 1480 g/mol. The maximum atomic E-state index is 12.9. The fourth-order valence-electron chi connectivity index (χ4n) is 13.2. The van der Waals surface area contributed by atoms with Crippen LogP contribution in [-0.4, -0.2) is 429 Å². The van der Waals surface area contributed by atoms with Crippen molar-refractivity contribution in [3.05, 3.63) is 0 Å². The Morgan fingerprint density at radius 3 is 0.980 bits per heavy atom. The lowest BCUT2D eigenvalue weighted by molar-refractivity contribution is -0.398. The summed E-state index contributed by atoms with van der Waals surface area (Å²) >= 11 is 0. The average Bonchev–Trinajstić information content (AvgIpc) is 0.773. The zero-order valence-electron chi connectivity index (χ0n) is 54.9. The van der Waals surface area contributed by atoms with Crippen molar-refractivity contribution in [1.82, 2.24) is 21.3 Å². The summed E-state index contributed by atoms with van der Waals surface area (Å²) in [6.07, 6.45) is -71.3. The molecule has 0 aromatic heterocycles. The fraction of sp³-hybridized carbons (Fsp3) is 0.930. The molecular formula is C57H96N4O40. The van der Waals surface area contributed by atoms with Crippen molar-refractivity contribution in [3.8, 4) is 0 Å². The Kier molecular flexibility index (Phi) is 29.9. The first-order valence-corrected chi connectivity index (χ1v) is 32.4. The first-order valence-electron chi connectivity index (χ1n) is 32.4. The molecule has 0 saturated carbocycles. The number of nitrogens with one attached hydrogen (secondary N) is 4. The minimum Gasteiger partial charge on any atom is -0.394 e. The number of aliphatic hydroxyl groups is 21. The van der Waals surface area contributed by atoms with Gasteiger partial charge in [0.15, 0.2) is 44.0 Å². The fourth-order valence-corrected chi connectivity index (χ4v) is 13.2. The van der Waals surface area contributed by atoms with E-state index in [9.17, 15) is 126 Å². The van der Waals surface area contributed by atoms with Crippen LogP contribution >= 0.6 is 0 Å². The highest BCUT2D eigenvalue weighted by atomic mass is 16.8. The van der Waals surface area contributed by atoms with Crippen LogP contribution in [-0.2, 0) is 90.2 Å². The maximum absolute atomic E-state index is 12.9. The van der Waals surface area contributed by atoms with Gasteiger partial charge in [0.25, 0.3) is 0 Å². The Bertz CT molecular complexity index is 2640. The van der Waals surface area contributed by atoms with Gasteiger partial charge in [0, 0.05) is 27.7 Å². The molecule has 8 heterocycles. The van der Waals surface area contributed by atoms with E-state index in [1.54, 1.807) is 0 Å². The number of aliphatic hydroxyl groups excluding tert-OH is 21. The molecule has 8 aliphatic heterocycles. The van der Waals surface area contributed by atoms with Gasteiger partial charge in [-0.05, 0) is 6.92 Å². The number of ether oxygens (including phenoxy) is 15. The summed E-state index contributed by atoms with van der Waals surface area (Å²) in [5.74, 6) is -3.23. The van der Waals surface area contributed by atoms with Gasteiger partial charge < -0.3 is 200 Å². The van der Waals surface area contributed by atoms with Crippen LogP contribution in [0.4, 0.5) is 0 Å². The van der Waals surface area contributed by atoms with Crippen molar-refractivity contribution in [2.75, 3.05) is 52.9 Å². The van der Waals surface area contributed by atoms with E-state index in [0.29, 0.717) is 0 Å². The maximum Gasteiger partial charge on any atom is 0.217 e. The summed E-state index contributed by atoms with van der Waals surface area (Å²) in [6.45, 7) is -2.66. The van der Waals surface area contributed by atoms with Crippen molar-refractivity contribution < 1.29 is 197 Å². The summed E-state index contributed by atoms with van der Waals surface area (Å²) < 4.78 is 89.4. The molecule has 4 amide bonds. The van der Waals surface area contributed by atoms with Crippen LogP contribution in [0.15, 0.2) is 0 Å². The third-order valence-corrected chi connectivity index (χ3v) is 18.5. The molecule has 101 heavy (non-hydrogen) atoms. The molecule has 0 aromatic carbocycles. The standard InChI is InChI=1S/C57H96N4O40/c1-14-27(58-15(2)69)37(79)45(23(10-66)88-14)96-52-29(60-17(4)71)38(80)47(25(12-68)93-52)98-55-44(86)48(35(77)26(95-55)13-87-56-49(41(83)33(75)21(8-64)91-56)100-51-28(59-16(3)70)36(78)31(73)19(6-62)89-51)99-57-50(42(84)34(76)22(9-65)92-57)101-53-30(61-18(5)72)39(81)46(24(11-67)94-53)97-54-43(85)40(82)32(74)20(7-63)90-54/h14,19-57,62-68,73-86H,6-13H2,1-5H3,(H,58,69)(H,59,70)(H,60,71)(H,61,72)/t14?,19-,20?,21?,22-,23?,24?,25?,26?,27?,28?,29?,30?,31-,32+,33+,34+,35+,36?,37-,38-,39-,40+,41+,42?,43?,44?,45+,46+,47+,48+,49?,50?,51-,52+,53+,54+,55+,56-,57+/m1/s1. The van der Waals surface area contributed by atoms with E-state index in [4.69, 9.17) is 71.1 Å². The summed E-state index contributed by atoms with van der Waals surface area (Å²) in [7, 11) is 0. The second-order valence-corrected chi connectivity index (χ2v) is 25.7. The van der Waals surface area contributed by atoms with Gasteiger partial charge in [0.1, 0.15) is 189 Å². The number of rotatable bonds is 26. The molecule has 0 spiro atoms. The highest BCUT2D eigenvalue weighted by molar-refractivity contribution is 5.74. The van der Waals surface area contributed by atoms with E-state index in [1.807, 2.05) is 0 Å². The van der Waals surface area contributed by atoms with Gasteiger partial charge in [-0.15, -0.1) is 0 Å². The van der Waals surface area contributed by atoms with Crippen molar-refractivity contribution in [3.63, 3.8) is 0 Å². The molecule has 44 nitrogen and oxygen atoms in total. The Hall–Kier alpha value is -3.56. The quantitative estimate of drug-likeness (QED) is 0.0382. The number of hydrogen-bond acceptors (Lipinski definition) is 40. The number of amides is 4. The van der Waals surface area contributed by atoms with E-state index < -0.39 is 322 Å². The van der Waals surface area contributed by atoms with Gasteiger partial charge in [0.2, 0.25) is 23.6 Å². The van der Waals surface area contributed by atoms with Crippen molar-refractivity contribution in [1.29, 1.82) is 0 Å². The lowest BCUT2D eigenvalue weighted by Crippen LogP contribution is -2.71. The molecule has 25 N–H and O–H groups in total. The van der Waals surface area contributed by atoms with Crippen molar-refractivity contribution in [2.24, 2.45) is 0 Å². The van der Waals surface area contributed by atoms with Gasteiger partial charge in [-0.1, -0.05) is 0 Å². The third kappa shape index (κ3) is 18.5. The Balaban J connectivity index is 1.14. The molecule has 8 saturated heterocycles. The number of carbonyl (C=O) groups excluding carboxylic acids is 4. The van der Waals surface area contributed by atoms with E-state index in [-0.39, 0.29) is 0 Å². The van der Waals surface area contributed by atoms with Gasteiger partial charge in [-0.3, -0.25) is 19.2 Å². The summed E-state index contributed by atoms with van der Waals surface area (Å²) in [5.41, 5.74) is 0. The van der Waals surface area contributed by atoms with Crippen LogP contribution in [0.5, 0.6) is 0 Å². The zero-order valence-corrected chi connectivity index (χ0v) is 54.9. The largest absolute Gasteiger partial charge is 0.394 e. The zero-order chi connectivity index (χ0) is 74.5. The highest BCUT2D eigenvalue weighted by Crippen LogP contribution is 2.39. The molecule has 8 fully saturated rings. The molecule has 0 aromatic rings. The molecule has 0 aliphatic carbocycles. The molecule has 17 unspecified atom stereocenters. The topological polar surface area (TPSA) is 680 Å². The second-order valence-electron chi connectivity index (χ2n) is 25.7. The smallest absolute Gasteiger partial charge is 0.217 e. The molecule has 8 aliphatic rings. The van der Waals surface area contributed by atoms with Gasteiger partial charge in [-0.2, -0.15) is 0 Å². The van der Waals surface area contributed by atoms with Crippen LogP contribution in [0.3, 0.4) is 0 Å². The van der Waals surface area contributed by atoms with Gasteiger partial charge in [0.05, 0.1) is 65.0 Å². The lowest BCUT2D eigenvalue weighted by Gasteiger charge is -2.51. The molecule has 0 bridgehead atoms. The van der Waals surface area contributed by atoms with Crippen LogP contribution in [0.1, 0.15) is 34.6 Å². The van der Waals surface area contributed by atoms with Crippen LogP contribution in [0.2, 0.25) is 0 Å². The summed E-state index contributed by atoms with van der Waals surface area (Å²) in [6, 6.07) is -6.61. The highest BCUT2D eigenvalue weighted by Gasteiger charge is 2.60. The Labute approximate surface area is 573 Å². The van der Waals surface area contributed by atoms with Gasteiger partial charge in [-0.25, -0.2) is 0 Å². The minimum absolute atomic E-state index is 0.610. The summed E-state index contributed by atoms with van der Waals surface area (Å²) in [5, 5.41) is 242. The average molecular weight is 1480 g/mol. The van der Waals surface area contributed by atoms with E-state index in [0.717, 1.165) is 27.7 Å². The van der Waals surface area contributed by atoms with E-state index in [1.165, 1.54) is 6.92 Å². The van der Waals surface area contributed by atoms with Gasteiger partial charge >= 0.3 is 0 Å². The Morgan fingerprint density at radius 1 is 0.267 bits per heavy atom. The number of carbonyl (C=O) groups is 4. The first kappa shape index (κ1) is 83.1. The molecule has 40 atom stereocenters. The third-order valence-electron chi connectivity index (χ3n) is 18.5. The lowest BCUT2D eigenvalue weighted by atomic mass is 9.92. The van der Waals surface area contributed by atoms with Crippen LogP contribution in [0, 0.1) is 0 Å². The van der Waals surface area contributed by atoms with Crippen LogP contribution < -0.4 is 21.3 Å². The minimum atomic E-state index is -2.50. The molecule has 8 rings (SSSR count). The number of hydrogen-bond donors (Lipinski definition) is 25. The molecular weight excluding hydrogens is 1380 g/mol. The summed E-state index contributed by atoms with van der Waals surface area (Å²) in [4.78, 5) is 50.4. The first-order chi connectivity index (χ1) is 47.8. The SMILES string of the molecule is CC(=O)NC1C(O)[C@H](O)[C@@H](CO)O[C@@H]1OC1[C@H](OCC2O[C@@H](O[C@H]3C(CO)O[C@@H](O[C@H]4C(CO)OC(C)C(NC(C)=O)[C@H]4O)C(NC(C)=O)[C@H]3O)C(O)[C@@H](O[C@@H]3O[C@H](CO)[C@H](O)C(O)C3O[C@@H]3OC(CO)[C@H](O[C@@H]4OC(CO)[C@H](O)[C@H](O)C4O)[C@H](O)C3NC(C)=O)[C@H]2O)OC(CO)[C@H](O)[C@@H]1O. The van der Waals surface area contributed by atoms with E-state index >= 15 is 0 Å². The predicted octanol–water partition coefficient (Wildman–Crippen LogP) is -16.8. The Morgan fingerprint density at radius 2 is 0.554 bits per heavy atom.